The highest BCUT2D eigenvalue weighted by Gasteiger charge is 2.14. The van der Waals surface area contributed by atoms with Crippen molar-refractivity contribution in [1.29, 1.82) is 0 Å². The lowest BCUT2D eigenvalue weighted by Gasteiger charge is -2.13. The molecule has 3 N–H and O–H groups in total. The molecule has 6 nitrogen and oxygen atoms in total. The summed E-state index contributed by atoms with van der Waals surface area (Å²) in [5, 5.41) is 9.46. The third-order valence-electron chi connectivity index (χ3n) is 2.72. The Labute approximate surface area is 120 Å². The van der Waals surface area contributed by atoms with E-state index in [2.05, 4.69) is 10.3 Å². The predicted octanol–water partition coefficient (Wildman–Crippen LogP) is 1.28. The van der Waals surface area contributed by atoms with Gasteiger partial charge in [-0.2, -0.15) is 0 Å². The normalized spacial score (nSPS) is 12.9. The van der Waals surface area contributed by atoms with Gasteiger partial charge in [-0.3, -0.25) is 4.79 Å². The van der Waals surface area contributed by atoms with Gasteiger partial charge in [-0.05, 0) is 24.6 Å². The molecular formula is C12H13N3O3S2. The number of nitrogens with two attached hydrogens (primary N) is 1. The van der Waals surface area contributed by atoms with Gasteiger partial charge in [0.25, 0.3) is 5.91 Å². The molecule has 0 aliphatic carbocycles. The molecule has 2 rings (SSSR count). The van der Waals surface area contributed by atoms with Crippen LogP contribution in [0.25, 0.3) is 0 Å². The van der Waals surface area contributed by atoms with Gasteiger partial charge in [0.15, 0.2) is 0 Å². The highest BCUT2D eigenvalue weighted by molar-refractivity contribution is 7.89. The van der Waals surface area contributed by atoms with Gasteiger partial charge in [0.2, 0.25) is 10.0 Å². The zero-order chi connectivity index (χ0) is 14.8. The number of amides is 1. The van der Waals surface area contributed by atoms with E-state index in [1.54, 1.807) is 29.9 Å². The Morgan fingerprint density at radius 2 is 2.00 bits per heavy atom. The number of primary sulfonamides is 1. The van der Waals surface area contributed by atoms with Gasteiger partial charge >= 0.3 is 0 Å². The number of hydrogen-bond donors (Lipinski definition) is 2. The standard InChI is InChI=1S/C12H13N3O3S2/c1-8(15-12(16)11-6-19-7-14-11)9-2-4-10(5-3-9)20(13,17)18/h2-8H,1H3,(H,15,16)(H2,13,17,18). The molecule has 2 aromatic rings. The molecule has 1 aromatic carbocycles. The molecule has 8 heteroatoms. The maximum atomic E-state index is 11.8. The van der Waals surface area contributed by atoms with Crippen LogP contribution < -0.4 is 10.5 Å². The lowest BCUT2D eigenvalue weighted by Crippen LogP contribution is -2.26. The molecule has 1 unspecified atom stereocenters. The number of aromatic nitrogens is 1. The second-order valence-electron chi connectivity index (χ2n) is 4.18. The molecule has 0 aliphatic heterocycles. The number of nitrogens with one attached hydrogen (secondary N) is 1. The van der Waals surface area contributed by atoms with Crippen LogP contribution in [0.4, 0.5) is 0 Å². The van der Waals surface area contributed by atoms with Gasteiger partial charge in [0, 0.05) is 5.38 Å². The largest absolute Gasteiger partial charge is 0.344 e. The summed E-state index contributed by atoms with van der Waals surface area (Å²) in [5.74, 6) is -0.269. The van der Waals surface area contributed by atoms with E-state index in [1.807, 2.05) is 0 Å². The molecule has 0 radical (unpaired) electrons. The van der Waals surface area contributed by atoms with Gasteiger partial charge in [-0.1, -0.05) is 12.1 Å². The minimum Gasteiger partial charge on any atom is -0.344 e. The summed E-state index contributed by atoms with van der Waals surface area (Å²) in [6.07, 6.45) is 0. The average molecular weight is 311 g/mol. The van der Waals surface area contributed by atoms with E-state index >= 15 is 0 Å². The molecule has 0 spiro atoms. The van der Waals surface area contributed by atoms with Crippen LogP contribution in [-0.2, 0) is 10.0 Å². The first kappa shape index (κ1) is 14.6. The monoisotopic (exact) mass is 311 g/mol. The molecule has 0 bridgehead atoms. The molecule has 20 heavy (non-hydrogen) atoms. The van der Waals surface area contributed by atoms with Crippen LogP contribution in [0.3, 0.4) is 0 Å². The number of benzene rings is 1. The average Bonchev–Trinajstić information content (AvgIpc) is 2.91. The van der Waals surface area contributed by atoms with Gasteiger partial charge in [-0.25, -0.2) is 18.5 Å². The van der Waals surface area contributed by atoms with Crippen molar-refractivity contribution in [2.45, 2.75) is 17.9 Å². The second kappa shape index (κ2) is 5.70. The third-order valence-corrected chi connectivity index (χ3v) is 4.24. The third kappa shape index (κ3) is 3.41. The lowest BCUT2D eigenvalue weighted by atomic mass is 10.1. The Bertz CT molecular complexity index is 694. The van der Waals surface area contributed by atoms with Crippen LogP contribution in [0.2, 0.25) is 0 Å². The summed E-state index contributed by atoms with van der Waals surface area (Å²) in [6, 6.07) is 5.79. The minimum atomic E-state index is -3.70. The fourth-order valence-electron chi connectivity index (χ4n) is 1.62. The molecule has 1 amide bonds. The van der Waals surface area contributed by atoms with Gasteiger partial charge < -0.3 is 5.32 Å². The fraction of sp³-hybridized carbons (Fsp3) is 0.167. The van der Waals surface area contributed by atoms with E-state index in [-0.39, 0.29) is 16.8 Å². The van der Waals surface area contributed by atoms with Gasteiger partial charge in [-0.15, -0.1) is 11.3 Å². The fourth-order valence-corrected chi connectivity index (χ4v) is 2.67. The summed E-state index contributed by atoms with van der Waals surface area (Å²) in [4.78, 5) is 15.8. The van der Waals surface area contributed by atoms with Crippen LogP contribution in [0.15, 0.2) is 40.1 Å². The number of hydrogen-bond acceptors (Lipinski definition) is 5. The van der Waals surface area contributed by atoms with Crippen molar-refractivity contribution < 1.29 is 13.2 Å². The van der Waals surface area contributed by atoms with Crippen LogP contribution in [0, 0.1) is 0 Å². The summed E-state index contributed by atoms with van der Waals surface area (Å²) >= 11 is 1.34. The number of carbonyl (C=O) groups excluding carboxylic acids is 1. The van der Waals surface area contributed by atoms with Crippen molar-refractivity contribution >= 4 is 27.3 Å². The Hall–Kier alpha value is -1.77. The van der Waals surface area contributed by atoms with Crippen molar-refractivity contribution in [3.63, 3.8) is 0 Å². The molecule has 0 saturated carbocycles. The van der Waals surface area contributed by atoms with Crippen LogP contribution >= 0.6 is 11.3 Å². The second-order valence-corrected chi connectivity index (χ2v) is 6.46. The Morgan fingerprint density at radius 3 is 2.50 bits per heavy atom. The van der Waals surface area contributed by atoms with Crippen LogP contribution in [0.1, 0.15) is 29.0 Å². The molecule has 1 heterocycles. The summed E-state index contributed by atoms with van der Waals surface area (Å²) in [7, 11) is -3.70. The number of thiazole rings is 1. The summed E-state index contributed by atoms with van der Waals surface area (Å²) in [6.45, 7) is 1.80. The van der Waals surface area contributed by atoms with Crippen molar-refractivity contribution in [2.75, 3.05) is 0 Å². The Balaban J connectivity index is 2.10. The highest BCUT2D eigenvalue weighted by atomic mass is 32.2. The van der Waals surface area contributed by atoms with E-state index in [4.69, 9.17) is 5.14 Å². The van der Waals surface area contributed by atoms with E-state index in [1.165, 1.54) is 23.5 Å². The number of rotatable bonds is 4. The summed E-state index contributed by atoms with van der Waals surface area (Å²) in [5.41, 5.74) is 2.73. The number of sulfonamides is 1. The van der Waals surface area contributed by atoms with Crippen molar-refractivity contribution in [1.82, 2.24) is 10.3 Å². The van der Waals surface area contributed by atoms with E-state index in [0.717, 1.165) is 5.56 Å². The Morgan fingerprint density at radius 1 is 1.35 bits per heavy atom. The molecule has 1 atom stereocenters. The molecule has 0 fully saturated rings. The van der Waals surface area contributed by atoms with E-state index in [9.17, 15) is 13.2 Å². The zero-order valence-electron chi connectivity index (χ0n) is 10.6. The topological polar surface area (TPSA) is 102 Å². The quantitative estimate of drug-likeness (QED) is 0.888. The zero-order valence-corrected chi connectivity index (χ0v) is 12.2. The van der Waals surface area contributed by atoms with E-state index < -0.39 is 10.0 Å². The number of carbonyl (C=O) groups is 1. The highest BCUT2D eigenvalue weighted by Crippen LogP contribution is 2.16. The van der Waals surface area contributed by atoms with Gasteiger partial charge in [0.1, 0.15) is 5.69 Å². The first-order valence-electron chi connectivity index (χ1n) is 5.70. The first-order chi connectivity index (χ1) is 9.38. The molecule has 0 saturated heterocycles. The SMILES string of the molecule is CC(NC(=O)c1cscn1)c1ccc(S(N)(=O)=O)cc1. The molecule has 106 valence electrons. The van der Waals surface area contributed by atoms with Crippen molar-refractivity contribution in [3.05, 3.63) is 46.4 Å². The van der Waals surface area contributed by atoms with E-state index in [0.29, 0.717) is 5.69 Å². The maximum Gasteiger partial charge on any atom is 0.271 e. The molecule has 0 aliphatic rings. The predicted molar refractivity (Wildman–Crippen MR) is 75.8 cm³/mol. The smallest absolute Gasteiger partial charge is 0.271 e. The molecule has 1 aromatic heterocycles. The lowest BCUT2D eigenvalue weighted by molar-refractivity contribution is 0.0935. The summed E-state index contributed by atoms with van der Waals surface area (Å²) < 4.78 is 22.3. The minimum absolute atomic E-state index is 0.0410. The first-order valence-corrected chi connectivity index (χ1v) is 8.18. The Kier molecular flexibility index (Phi) is 4.17. The number of nitrogens with zero attached hydrogens (tertiary/aromatic N) is 1. The van der Waals surface area contributed by atoms with Gasteiger partial charge in [0.05, 0.1) is 16.4 Å². The van der Waals surface area contributed by atoms with Crippen LogP contribution in [0.5, 0.6) is 0 Å². The van der Waals surface area contributed by atoms with Crippen molar-refractivity contribution in [2.24, 2.45) is 5.14 Å². The maximum absolute atomic E-state index is 11.8. The van der Waals surface area contributed by atoms with Crippen molar-refractivity contribution in [3.8, 4) is 0 Å². The molecular weight excluding hydrogens is 298 g/mol. The van der Waals surface area contributed by atoms with Crippen LogP contribution in [-0.4, -0.2) is 19.3 Å².